The number of halogens is 1. The molecule has 1 aliphatic rings. The van der Waals surface area contributed by atoms with Crippen LogP contribution in [0.4, 0.5) is 4.39 Å². The molecule has 1 aliphatic carbocycles. The highest BCUT2D eigenvalue weighted by atomic mass is 32.2. The smallest absolute Gasteiger partial charge is 0.247 e. The average Bonchev–Trinajstić information content (AvgIpc) is 3.15. The molecule has 0 radical (unpaired) electrons. The number of H-pyrrole nitrogens is 1. The fraction of sp³-hybridized carbons (Fsp3) is 0.421. The SMILES string of the molecule is COc1cccc(C(C)NSC2CCCC2)c1F.O=c1cccc[nH]1. The molecule has 25 heavy (non-hydrogen) atoms. The highest BCUT2D eigenvalue weighted by Crippen LogP contribution is 2.31. The van der Waals surface area contributed by atoms with Crippen LogP contribution in [0.3, 0.4) is 0 Å². The molecule has 2 N–H and O–H groups in total. The van der Waals surface area contributed by atoms with Gasteiger partial charge in [-0.25, -0.2) is 4.39 Å². The first-order valence-corrected chi connectivity index (χ1v) is 9.37. The van der Waals surface area contributed by atoms with Gasteiger partial charge in [-0.15, -0.1) is 0 Å². The Morgan fingerprint density at radius 2 is 2.00 bits per heavy atom. The maximum absolute atomic E-state index is 14.0. The van der Waals surface area contributed by atoms with Crippen molar-refractivity contribution in [2.45, 2.75) is 43.9 Å². The molecule has 1 heterocycles. The van der Waals surface area contributed by atoms with Gasteiger partial charge in [0.1, 0.15) is 0 Å². The van der Waals surface area contributed by atoms with E-state index in [1.165, 1.54) is 38.9 Å². The molecule has 0 aliphatic heterocycles. The number of hydrogen-bond donors (Lipinski definition) is 2. The van der Waals surface area contributed by atoms with E-state index in [0.29, 0.717) is 16.6 Å². The predicted molar refractivity (Wildman–Crippen MR) is 101 cm³/mol. The Labute approximate surface area is 152 Å². The zero-order chi connectivity index (χ0) is 18.1. The Morgan fingerprint density at radius 1 is 1.24 bits per heavy atom. The number of rotatable bonds is 5. The molecule has 0 spiro atoms. The van der Waals surface area contributed by atoms with E-state index in [9.17, 15) is 9.18 Å². The summed E-state index contributed by atoms with van der Waals surface area (Å²) in [6.07, 6.45) is 6.78. The minimum Gasteiger partial charge on any atom is -0.494 e. The topological polar surface area (TPSA) is 54.1 Å². The first kappa shape index (κ1) is 19.5. The third-order valence-corrected chi connectivity index (χ3v) is 5.37. The summed E-state index contributed by atoms with van der Waals surface area (Å²) in [6, 6.07) is 10.2. The van der Waals surface area contributed by atoms with Gasteiger partial charge in [0.25, 0.3) is 0 Å². The van der Waals surface area contributed by atoms with E-state index in [4.69, 9.17) is 4.74 Å². The van der Waals surface area contributed by atoms with Crippen molar-refractivity contribution < 1.29 is 9.13 Å². The van der Waals surface area contributed by atoms with Crippen molar-refractivity contribution in [2.75, 3.05) is 7.11 Å². The molecule has 0 amide bonds. The lowest BCUT2D eigenvalue weighted by atomic mass is 10.1. The van der Waals surface area contributed by atoms with Gasteiger partial charge in [-0.05, 0) is 31.9 Å². The molecular weight excluding hydrogens is 339 g/mol. The Bertz CT molecular complexity index is 684. The van der Waals surface area contributed by atoms with Gasteiger partial charge in [-0.2, -0.15) is 0 Å². The molecule has 4 nitrogen and oxygen atoms in total. The number of aromatic nitrogens is 1. The maximum Gasteiger partial charge on any atom is 0.247 e. The Hall–Kier alpha value is -1.79. The average molecular weight is 364 g/mol. The zero-order valence-electron chi connectivity index (χ0n) is 14.6. The van der Waals surface area contributed by atoms with Gasteiger partial charge in [0, 0.05) is 29.1 Å². The molecule has 1 atom stereocenters. The summed E-state index contributed by atoms with van der Waals surface area (Å²) in [7, 11) is 1.49. The highest BCUT2D eigenvalue weighted by molar-refractivity contribution is 7.98. The molecule has 0 saturated heterocycles. The Balaban J connectivity index is 0.000000269. The normalized spacial score (nSPS) is 15.3. The van der Waals surface area contributed by atoms with Crippen LogP contribution in [0.1, 0.15) is 44.2 Å². The van der Waals surface area contributed by atoms with Crippen molar-refractivity contribution in [3.63, 3.8) is 0 Å². The minimum atomic E-state index is -0.257. The van der Waals surface area contributed by atoms with E-state index in [-0.39, 0.29) is 17.4 Å². The van der Waals surface area contributed by atoms with Crippen LogP contribution in [0.15, 0.2) is 47.4 Å². The van der Waals surface area contributed by atoms with Gasteiger partial charge in [0.2, 0.25) is 5.56 Å². The monoisotopic (exact) mass is 364 g/mol. The molecule has 6 heteroatoms. The van der Waals surface area contributed by atoms with Crippen LogP contribution < -0.4 is 15.0 Å². The summed E-state index contributed by atoms with van der Waals surface area (Å²) < 4.78 is 22.4. The third-order valence-electron chi connectivity index (χ3n) is 4.07. The second-order valence-corrected chi connectivity index (χ2v) is 7.09. The molecule has 3 rings (SSSR count). The number of methoxy groups -OCH3 is 1. The van der Waals surface area contributed by atoms with Crippen molar-refractivity contribution in [1.82, 2.24) is 9.71 Å². The van der Waals surface area contributed by atoms with E-state index in [1.807, 2.05) is 19.1 Å². The standard InChI is InChI=1S/C14H20FNOS.C5H5NO/c1-10(16-18-11-6-3-4-7-11)12-8-5-9-13(17-2)14(12)15;7-5-3-1-2-4-6-5/h5,8-11,16H,3-4,6-7H2,1-2H3;1-4H,(H,6,7). The maximum atomic E-state index is 14.0. The summed E-state index contributed by atoms with van der Waals surface area (Å²) >= 11 is 1.75. The van der Waals surface area contributed by atoms with Crippen LogP contribution in [0.25, 0.3) is 0 Å². The van der Waals surface area contributed by atoms with E-state index in [0.717, 1.165) is 0 Å². The summed E-state index contributed by atoms with van der Waals surface area (Å²) in [5.41, 5.74) is 0.613. The molecular formula is C19H25FN2O2S. The van der Waals surface area contributed by atoms with Gasteiger partial charge < -0.3 is 9.72 Å². The van der Waals surface area contributed by atoms with Crippen molar-refractivity contribution in [3.8, 4) is 5.75 Å². The molecule has 0 bridgehead atoms. The zero-order valence-corrected chi connectivity index (χ0v) is 15.4. The summed E-state index contributed by atoms with van der Waals surface area (Å²) in [5.74, 6) is 0.0547. The first-order valence-electron chi connectivity index (χ1n) is 8.49. The molecule has 1 aromatic heterocycles. The number of nitrogens with one attached hydrogen (secondary N) is 2. The quantitative estimate of drug-likeness (QED) is 0.770. The van der Waals surface area contributed by atoms with Crippen LogP contribution >= 0.6 is 11.9 Å². The van der Waals surface area contributed by atoms with Gasteiger partial charge >= 0.3 is 0 Å². The number of aromatic amines is 1. The summed E-state index contributed by atoms with van der Waals surface area (Å²) in [4.78, 5) is 12.7. The number of pyridine rings is 1. The second-order valence-electron chi connectivity index (χ2n) is 5.95. The van der Waals surface area contributed by atoms with Gasteiger partial charge in [-0.3, -0.25) is 9.52 Å². The largest absolute Gasteiger partial charge is 0.494 e. The molecule has 1 fully saturated rings. The van der Waals surface area contributed by atoms with Crippen molar-refractivity contribution in [2.24, 2.45) is 0 Å². The second kappa shape index (κ2) is 10.3. The lowest BCUT2D eigenvalue weighted by Gasteiger charge is -2.18. The van der Waals surface area contributed by atoms with E-state index in [1.54, 1.807) is 36.3 Å². The van der Waals surface area contributed by atoms with Crippen LogP contribution in [0.2, 0.25) is 0 Å². The molecule has 1 unspecified atom stereocenters. The van der Waals surface area contributed by atoms with Crippen molar-refractivity contribution in [1.29, 1.82) is 0 Å². The van der Waals surface area contributed by atoms with Crippen LogP contribution in [-0.4, -0.2) is 17.3 Å². The minimum absolute atomic E-state index is 0.00861. The molecule has 136 valence electrons. The summed E-state index contributed by atoms with van der Waals surface area (Å²) in [6.45, 7) is 1.99. The predicted octanol–water partition coefficient (Wildman–Crippen LogP) is 4.45. The third kappa shape index (κ3) is 6.21. The summed E-state index contributed by atoms with van der Waals surface area (Å²) in [5, 5.41) is 0.682. The van der Waals surface area contributed by atoms with Crippen LogP contribution in [0, 0.1) is 5.82 Å². The van der Waals surface area contributed by atoms with Crippen LogP contribution in [0.5, 0.6) is 5.75 Å². The van der Waals surface area contributed by atoms with Crippen molar-refractivity contribution >= 4 is 11.9 Å². The first-order chi connectivity index (χ1) is 12.1. The number of hydrogen-bond acceptors (Lipinski definition) is 4. The Kier molecular flexibility index (Phi) is 8.01. The number of ether oxygens (including phenoxy) is 1. The fourth-order valence-electron chi connectivity index (χ4n) is 2.66. The number of benzene rings is 1. The molecule has 2 aromatic rings. The van der Waals surface area contributed by atoms with E-state index < -0.39 is 0 Å². The fourth-order valence-corrected chi connectivity index (χ4v) is 3.76. The molecule has 1 saturated carbocycles. The van der Waals surface area contributed by atoms with E-state index in [2.05, 4.69) is 9.71 Å². The van der Waals surface area contributed by atoms with Gasteiger partial charge in [-0.1, -0.05) is 43.0 Å². The lowest BCUT2D eigenvalue weighted by molar-refractivity contribution is 0.382. The van der Waals surface area contributed by atoms with Gasteiger partial charge in [0.05, 0.1) is 7.11 Å². The Morgan fingerprint density at radius 3 is 2.56 bits per heavy atom. The molecule has 1 aromatic carbocycles. The van der Waals surface area contributed by atoms with Gasteiger partial charge in [0.15, 0.2) is 11.6 Å². The lowest BCUT2D eigenvalue weighted by Crippen LogP contribution is -2.16. The highest BCUT2D eigenvalue weighted by Gasteiger charge is 2.19. The van der Waals surface area contributed by atoms with Crippen LogP contribution in [-0.2, 0) is 0 Å². The van der Waals surface area contributed by atoms with E-state index >= 15 is 0 Å². The van der Waals surface area contributed by atoms with Crippen molar-refractivity contribution in [3.05, 3.63) is 64.3 Å².